The van der Waals surface area contributed by atoms with E-state index in [4.69, 9.17) is 10.6 Å². The van der Waals surface area contributed by atoms with E-state index in [-0.39, 0.29) is 6.04 Å². The summed E-state index contributed by atoms with van der Waals surface area (Å²) in [6, 6.07) is 0.287. The summed E-state index contributed by atoms with van der Waals surface area (Å²) < 4.78 is 7.57. The lowest BCUT2D eigenvalue weighted by Gasteiger charge is -2.10. The van der Waals surface area contributed by atoms with Crippen LogP contribution in [0.4, 0.5) is 5.82 Å². The normalized spacial score (nSPS) is 10.8. The van der Waals surface area contributed by atoms with Crippen molar-refractivity contribution in [1.29, 1.82) is 0 Å². The third-order valence-electron chi connectivity index (χ3n) is 2.72. The molecule has 2 rings (SSSR count). The average molecular weight is 262 g/mol. The summed E-state index contributed by atoms with van der Waals surface area (Å²) in [6.45, 7) is 6.09. The molecule has 0 bridgehead atoms. The summed E-state index contributed by atoms with van der Waals surface area (Å²) >= 11 is 0. The van der Waals surface area contributed by atoms with Crippen LogP contribution in [0.1, 0.15) is 32.4 Å². The molecule has 0 spiro atoms. The van der Waals surface area contributed by atoms with E-state index in [2.05, 4.69) is 34.3 Å². The minimum Gasteiger partial charge on any atom is -0.435 e. The number of rotatable bonds is 5. The van der Waals surface area contributed by atoms with Gasteiger partial charge in [-0.25, -0.2) is 15.8 Å². The van der Waals surface area contributed by atoms with Crippen LogP contribution >= 0.6 is 0 Å². The predicted octanol–water partition coefficient (Wildman–Crippen LogP) is 1.89. The van der Waals surface area contributed by atoms with Crippen LogP contribution in [-0.2, 0) is 6.42 Å². The maximum atomic E-state index is 5.74. The molecule has 0 atom stereocenters. The van der Waals surface area contributed by atoms with Gasteiger partial charge in [0, 0.05) is 6.04 Å². The lowest BCUT2D eigenvalue weighted by atomic mass is 10.2. The van der Waals surface area contributed by atoms with E-state index in [1.54, 1.807) is 6.20 Å². The van der Waals surface area contributed by atoms with E-state index < -0.39 is 0 Å². The highest BCUT2D eigenvalue weighted by atomic mass is 16.5. The zero-order valence-electron chi connectivity index (χ0n) is 11.3. The minimum atomic E-state index is 0.287. The zero-order chi connectivity index (χ0) is 13.8. The first-order valence-corrected chi connectivity index (χ1v) is 6.18. The van der Waals surface area contributed by atoms with Crippen molar-refractivity contribution in [2.24, 2.45) is 5.84 Å². The number of hydrazine groups is 1. The summed E-state index contributed by atoms with van der Waals surface area (Å²) in [6.07, 6.45) is 5.63. The Morgan fingerprint density at radius 3 is 2.79 bits per heavy atom. The number of ether oxygens (including phenoxy) is 1. The van der Waals surface area contributed by atoms with Gasteiger partial charge in [-0.15, -0.1) is 0 Å². The monoisotopic (exact) mass is 262 g/mol. The van der Waals surface area contributed by atoms with Crippen molar-refractivity contribution in [2.75, 3.05) is 5.43 Å². The molecule has 0 saturated carbocycles. The van der Waals surface area contributed by atoms with Crippen molar-refractivity contribution >= 4 is 5.82 Å². The Balaban J connectivity index is 2.27. The van der Waals surface area contributed by atoms with Crippen LogP contribution in [0.15, 0.2) is 18.7 Å². The van der Waals surface area contributed by atoms with Crippen LogP contribution < -0.4 is 16.0 Å². The topological polar surface area (TPSA) is 90.9 Å². The molecule has 19 heavy (non-hydrogen) atoms. The highest BCUT2D eigenvalue weighted by molar-refractivity contribution is 5.48. The van der Waals surface area contributed by atoms with Crippen molar-refractivity contribution in [1.82, 2.24) is 19.7 Å². The number of nitrogens with two attached hydrogens (primary N) is 1. The van der Waals surface area contributed by atoms with Crippen molar-refractivity contribution in [3.8, 4) is 11.6 Å². The van der Waals surface area contributed by atoms with Crippen LogP contribution in [0.3, 0.4) is 0 Å². The number of nitrogen functional groups attached to an aromatic ring is 1. The molecule has 0 saturated heterocycles. The lowest BCUT2D eigenvalue weighted by molar-refractivity contribution is 0.452. The fourth-order valence-electron chi connectivity index (χ4n) is 1.69. The van der Waals surface area contributed by atoms with Crippen LogP contribution in [-0.4, -0.2) is 19.7 Å². The van der Waals surface area contributed by atoms with Crippen LogP contribution in [0.5, 0.6) is 11.6 Å². The second kappa shape index (κ2) is 5.66. The van der Waals surface area contributed by atoms with Gasteiger partial charge in [0.2, 0.25) is 5.88 Å². The second-order valence-electron chi connectivity index (χ2n) is 4.36. The number of nitrogens with one attached hydrogen (secondary N) is 1. The van der Waals surface area contributed by atoms with Gasteiger partial charge in [-0.05, 0) is 20.3 Å². The van der Waals surface area contributed by atoms with E-state index in [0.29, 0.717) is 23.9 Å². The fourth-order valence-corrected chi connectivity index (χ4v) is 1.69. The fraction of sp³-hybridized carbons (Fsp3) is 0.417. The van der Waals surface area contributed by atoms with Crippen molar-refractivity contribution in [2.45, 2.75) is 33.2 Å². The van der Waals surface area contributed by atoms with Gasteiger partial charge in [-0.2, -0.15) is 5.10 Å². The number of aromatic nitrogens is 4. The number of anilines is 1. The second-order valence-corrected chi connectivity index (χ2v) is 4.36. The van der Waals surface area contributed by atoms with E-state index in [1.165, 1.54) is 6.33 Å². The lowest BCUT2D eigenvalue weighted by Crippen LogP contribution is -2.12. The number of hydrogen-bond donors (Lipinski definition) is 2. The average Bonchev–Trinajstić information content (AvgIpc) is 2.87. The zero-order valence-corrected chi connectivity index (χ0v) is 11.3. The molecule has 3 N–H and O–H groups in total. The molecule has 0 unspecified atom stereocenters. The SMILES string of the molecule is CCc1c(NN)ncnc1Oc1cnn(C(C)C)c1. The highest BCUT2D eigenvalue weighted by Crippen LogP contribution is 2.27. The van der Waals surface area contributed by atoms with Gasteiger partial charge in [0.05, 0.1) is 18.0 Å². The molecule has 0 fully saturated rings. The first kappa shape index (κ1) is 13.3. The van der Waals surface area contributed by atoms with E-state index in [0.717, 1.165) is 5.56 Å². The van der Waals surface area contributed by atoms with E-state index in [1.807, 2.05) is 17.8 Å². The molecule has 0 aliphatic heterocycles. The number of hydrogen-bond acceptors (Lipinski definition) is 6. The first-order chi connectivity index (χ1) is 9.15. The van der Waals surface area contributed by atoms with Gasteiger partial charge in [0.1, 0.15) is 12.1 Å². The Labute approximate surface area is 111 Å². The van der Waals surface area contributed by atoms with Gasteiger partial charge in [-0.3, -0.25) is 4.68 Å². The van der Waals surface area contributed by atoms with Crippen LogP contribution in [0.2, 0.25) is 0 Å². The van der Waals surface area contributed by atoms with Crippen molar-refractivity contribution < 1.29 is 4.74 Å². The third kappa shape index (κ3) is 2.82. The Morgan fingerprint density at radius 2 is 2.21 bits per heavy atom. The summed E-state index contributed by atoms with van der Waals surface area (Å²) in [5.74, 6) is 7.13. The van der Waals surface area contributed by atoms with Gasteiger partial charge < -0.3 is 10.2 Å². The van der Waals surface area contributed by atoms with Gasteiger partial charge in [-0.1, -0.05) is 6.92 Å². The standard InChI is InChI=1S/C12H18N6O/c1-4-10-11(17-13)14-7-15-12(10)19-9-5-16-18(6-9)8(2)3/h5-8H,4,13H2,1-3H3,(H,14,15,17). The largest absolute Gasteiger partial charge is 0.435 e. The molecular weight excluding hydrogens is 244 g/mol. The molecule has 2 heterocycles. The Kier molecular flexibility index (Phi) is 3.96. The van der Waals surface area contributed by atoms with Crippen LogP contribution in [0.25, 0.3) is 0 Å². The molecule has 0 amide bonds. The van der Waals surface area contributed by atoms with E-state index in [9.17, 15) is 0 Å². The molecule has 0 aromatic carbocycles. The predicted molar refractivity (Wildman–Crippen MR) is 71.9 cm³/mol. The van der Waals surface area contributed by atoms with E-state index >= 15 is 0 Å². The molecule has 102 valence electrons. The quantitative estimate of drug-likeness (QED) is 0.631. The number of nitrogens with zero attached hydrogens (tertiary/aromatic N) is 4. The summed E-state index contributed by atoms with van der Waals surface area (Å²) in [5, 5.41) is 4.22. The Bertz CT molecular complexity index is 551. The maximum Gasteiger partial charge on any atom is 0.227 e. The summed E-state index contributed by atoms with van der Waals surface area (Å²) in [7, 11) is 0. The molecule has 0 aliphatic rings. The molecule has 0 radical (unpaired) electrons. The molecule has 2 aromatic heterocycles. The molecular formula is C12H18N6O. The highest BCUT2D eigenvalue weighted by Gasteiger charge is 2.12. The minimum absolute atomic E-state index is 0.287. The van der Waals surface area contributed by atoms with Gasteiger partial charge >= 0.3 is 0 Å². The van der Waals surface area contributed by atoms with Gasteiger partial charge in [0.25, 0.3) is 0 Å². The molecule has 0 aliphatic carbocycles. The molecule has 2 aromatic rings. The van der Waals surface area contributed by atoms with Gasteiger partial charge in [0.15, 0.2) is 5.75 Å². The Hall–Kier alpha value is -2.15. The summed E-state index contributed by atoms with van der Waals surface area (Å²) in [4.78, 5) is 8.20. The smallest absolute Gasteiger partial charge is 0.227 e. The van der Waals surface area contributed by atoms with Crippen molar-refractivity contribution in [3.05, 3.63) is 24.3 Å². The Morgan fingerprint density at radius 1 is 1.42 bits per heavy atom. The van der Waals surface area contributed by atoms with Crippen molar-refractivity contribution in [3.63, 3.8) is 0 Å². The summed E-state index contributed by atoms with van der Waals surface area (Å²) in [5.41, 5.74) is 3.38. The molecule has 7 nitrogen and oxygen atoms in total. The maximum absolute atomic E-state index is 5.74. The molecule has 7 heteroatoms. The third-order valence-corrected chi connectivity index (χ3v) is 2.72. The first-order valence-electron chi connectivity index (χ1n) is 6.18. The van der Waals surface area contributed by atoms with Crippen LogP contribution in [0, 0.1) is 0 Å².